The van der Waals surface area contributed by atoms with Crippen molar-refractivity contribution < 1.29 is 0 Å². The van der Waals surface area contributed by atoms with Gasteiger partial charge in [0.2, 0.25) is 0 Å². The molecule has 128 valence electrons. The lowest BCUT2D eigenvalue weighted by molar-refractivity contribution is 0.257. The third-order valence-electron chi connectivity index (χ3n) is 4.42. The van der Waals surface area contributed by atoms with Gasteiger partial charge in [-0.15, -0.1) is 12.6 Å². The Morgan fingerprint density at radius 2 is 1.75 bits per heavy atom. The highest BCUT2D eigenvalue weighted by atomic mass is 35.5. The van der Waals surface area contributed by atoms with E-state index in [2.05, 4.69) is 58.1 Å². The Labute approximate surface area is 155 Å². The molecule has 1 aliphatic heterocycles. The third-order valence-corrected chi connectivity index (χ3v) is 5.03. The van der Waals surface area contributed by atoms with Gasteiger partial charge in [-0.3, -0.25) is 4.90 Å². The fraction of sp³-hybridized carbons (Fsp3) is 0.368. The van der Waals surface area contributed by atoms with Crippen LogP contribution in [0.3, 0.4) is 0 Å². The molecule has 1 fully saturated rings. The van der Waals surface area contributed by atoms with Gasteiger partial charge in [-0.05, 0) is 43.3 Å². The molecule has 0 aromatic heterocycles. The molecule has 3 nitrogen and oxygen atoms in total. The lowest BCUT2D eigenvalue weighted by Gasteiger charge is -2.36. The summed E-state index contributed by atoms with van der Waals surface area (Å²) in [5.41, 5.74) is 2.39. The van der Waals surface area contributed by atoms with Gasteiger partial charge < -0.3 is 10.2 Å². The topological polar surface area (TPSA) is 18.5 Å². The SMILES string of the molecule is Sc1cc(Cl)ccc1NCCCN1CCN(c2ccccc2)CC1. The first-order valence-electron chi connectivity index (χ1n) is 8.47. The van der Waals surface area contributed by atoms with Crippen molar-refractivity contribution in [2.24, 2.45) is 0 Å². The minimum absolute atomic E-state index is 0.724. The molecule has 0 bridgehead atoms. The van der Waals surface area contributed by atoms with Gasteiger partial charge in [-0.2, -0.15) is 0 Å². The predicted molar refractivity (Wildman–Crippen MR) is 107 cm³/mol. The first kappa shape index (κ1) is 17.5. The average molecular weight is 362 g/mol. The molecule has 0 spiro atoms. The number of hydrogen-bond donors (Lipinski definition) is 2. The van der Waals surface area contributed by atoms with Crippen LogP contribution in [-0.4, -0.2) is 44.2 Å². The van der Waals surface area contributed by atoms with E-state index in [1.165, 1.54) is 5.69 Å². The Bertz CT molecular complexity index is 642. The number of piperazine rings is 1. The van der Waals surface area contributed by atoms with Gasteiger partial charge in [0, 0.05) is 54.0 Å². The van der Waals surface area contributed by atoms with Crippen LogP contribution in [-0.2, 0) is 0 Å². The van der Waals surface area contributed by atoms with Crippen LogP contribution < -0.4 is 10.2 Å². The van der Waals surface area contributed by atoms with Crippen molar-refractivity contribution >= 4 is 35.6 Å². The van der Waals surface area contributed by atoms with E-state index in [1.54, 1.807) is 0 Å². The van der Waals surface area contributed by atoms with E-state index in [1.807, 2.05) is 18.2 Å². The number of rotatable bonds is 6. The number of halogens is 1. The summed E-state index contributed by atoms with van der Waals surface area (Å²) in [4.78, 5) is 5.92. The van der Waals surface area contributed by atoms with Gasteiger partial charge in [0.15, 0.2) is 0 Å². The van der Waals surface area contributed by atoms with Crippen LogP contribution in [0.5, 0.6) is 0 Å². The summed E-state index contributed by atoms with van der Waals surface area (Å²) >= 11 is 10.4. The van der Waals surface area contributed by atoms with Crippen molar-refractivity contribution in [3.05, 3.63) is 53.6 Å². The summed E-state index contributed by atoms with van der Waals surface area (Å²) in [5, 5.41) is 4.17. The van der Waals surface area contributed by atoms with E-state index >= 15 is 0 Å². The molecule has 2 aromatic carbocycles. The van der Waals surface area contributed by atoms with E-state index in [-0.39, 0.29) is 0 Å². The lowest BCUT2D eigenvalue weighted by Crippen LogP contribution is -2.46. The van der Waals surface area contributed by atoms with Crippen molar-refractivity contribution in [1.82, 2.24) is 4.90 Å². The molecule has 2 aromatic rings. The Balaban J connectivity index is 1.36. The maximum Gasteiger partial charge on any atom is 0.0476 e. The van der Waals surface area contributed by atoms with Gasteiger partial charge in [0.1, 0.15) is 0 Å². The van der Waals surface area contributed by atoms with E-state index < -0.39 is 0 Å². The van der Waals surface area contributed by atoms with Crippen LogP contribution >= 0.6 is 24.2 Å². The Kier molecular flexibility index (Phi) is 6.30. The quantitative estimate of drug-likeness (QED) is 0.592. The highest BCUT2D eigenvalue weighted by Crippen LogP contribution is 2.23. The van der Waals surface area contributed by atoms with Crippen LogP contribution in [0, 0.1) is 0 Å². The second-order valence-corrected chi connectivity index (χ2v) is 7.02. The molecule has 1 N–H and O–H groups in total. The van der Waals surface area contributed by atoms with Crippen LogP contribution in [0.15, 0.2) is 53.4 Å². The largest absolute Gasteiger partial charge is 0.384 e. The molecule has 5 heteroatoms. The first-order chi connectivity index (χ1) is 11.7. The number of thiol groups is 1. The van der Waals surface area contributed by atoms with E-state index in [9.17, 15) is 0 Å². The number of nitrogens with one attached hydrogen (secondary N) is 1. The summed E-state index contributed by atoms with van der Waals surface area (Å²) in [6, 6.07) is 16.4. The molecule has 0 radical (unpaired) electrons. The molecule has 24 heavy (non-hydrogen) atoms. The number of para-hydroxylation sites is 1. The van der Waals surface area contributed by atoms with Crippen molar-refractivity contribution in [2.45, 2.75) is 11.3 Å². The molecule has 1 saturated heterocycles. The molecular weight excluding hydrogens is 338 g/mol. The summed E-state index contributed by atoms with van der Waals surface area (Å²) in [5.74, 6) is 0. The molecule has 0 amide bonds. The molecule has 3 rings (SSSR count). The molecule has 1 aliphatic rings. The zero-order valence-electron chi connectivity index (χ0n) is 13.8. The minimum Gasteiger partial charge on any atom is -0.384 e. The lowest BCUT2D eigenvalue weighted by atomic mass is 10.2. The second-order valence-electron chi connectivity index (χ2n) is 6.11. The number of anilines is 2. The number of hydrogen-bond acceptors (Lipinski definition) is 4. The smallest absolute Gasteiger partial charge is 0.0476 e. The summed E-state index contributed by atoms with van der Waals surface area (Å²) in [6.45, 7) is 6.56. The van der Waals surface area contributed by atoms with Gasteiger partial charge in [0.05, 0.1) is 0 Å². The van der Waals surface area contributed by atoms with E-state index in [0.717, 1.165) is 61.3 Å². The number of nitrogens with zero attached hydrogens (tertiary/aromatic N) is 2. The fourth-order valence-electron chi connectivity index (χ4n) is 3.05. The average Bonchev–Trinajstić information content (AvgIpc) is 2.61. The zero-order valence-corrected chi connectivity index (χ0v) is 15.4. The summed E-state index contributed by atoms with van der Waals surface area (Å²) < 4.78 is 0. The van der Waals surface area contributed by atoms with Crippen molar-refractivity contribution in [3.63, 3.8) is 0 Å². The summed E-state index contributed by atoms with van der Waals surface area (Å²) in [6.07, 6.45) is 1.13. The van der Waals surface area contributed by atoms with Gasteiger partial charge >= 0.3 is 0 Å². The molecule has 0 saturated carbocycles. The normalized spacial score (nSPS) is 15.5. The van der Waals surface area contributed by atoms with Crippen molar-refractivity contribution in [2.75, 3.05) is 49.5 Å². The van der Waals surface area contributed by atoms with Crippen LogP contribution in [0.25, 0.3) is 0 Å². The molecule has 0 unspecified atom stereocenters. The maximum absolute atomic E-state index is 5.95. The third kappa shape index (κ3) is 4.82. The van der Waals surface area contributed by atoms with Gasteiger partial charge in [-0.1, -0.05) is 29.8 Å². The van der Waals surface area contributed by atoms with Crippen LogP contribution in [0.4, 0.5) is 11.4 Å². The second kappa shape index (κ2) is 8.65. The number of benzene rings is 2. The zero-order chi connectivity index (χ0) is 16.8. The maximum atomic E-state index is 5.95. The monoisotopic (exact) mass is 361 g/mol. The molecule has 0 aliphatic carbocycles. The summed E-state index contributed by atoms with van der Waals surface area (Å²) in [7, 11) is 0. The molecule has 0 atom stereocenters. The highest BCUT2D eigenvalue weighted by Gasteiger charge is 2.16. The molecule has 1 heterocycles. The van der Waals surface area contributed by atoms with Crippen molar-refractivity contribution in [3.8, 4) is 0 Å². The Morgan fingerprint density at radius 3 is 2.46 bits per heavy atom. The fourth-order valence-corrected chi connectivity index (χ4v) is 3.59. The van der Waals surface area contributed by atoms with Gasteiger partial charge in [-0.25, -0.2) is 0 Å². The van der Waals surface area contributed by atoms with Crippen LogP contribution in [0.2, 0.25) is 5.02 Å². The molecular formula is C19H24ClN3S. The van der Waals surface area contributed by atoms with Crippen LogP contribution in [0.1, 0.15) is 6.42 Å². The standard InChI is InChI=1S/C19H24ClN3S/c20-16-7-8-18(19(24)15-16)21-9-4-10-22-11-13-23(14-12-22)17-5-2-1-3-6-17/h1-3,5-8,15,21,24H,4,9-14H2. The Hall–Kier alpha value is -1.36. The van der Waals surface area contributed by atoms with Crippen molar-refractivity contribution in [1.29, 1.82) is 0 Å². The van der Waals surface area contributed by atoms with E-state index in [4.69, 9.17) is 11.6 Å². The Morgan fingerprint density at radius 1 is 1.00 bits per heavy atom. The predicted octanol–water partition coefficient (Wildman–Crippen LogP) is 4.25. The first-order valence-corrected chi connectivity index (χ1v) is 9.29. The van der Waals surface area contributed by atoms with Gasteiger partial charge in [0.25, 0.3) is 0 Å². The highest BCUT2D eigenvalue weighted by molar-refractivity contribution is 7.80. The minimum atomic E-state index is 0.724. The van der Waals surface area contributed by atoms with E-state index in [0.29, 0.717) is 0 Å².